The smallest absolute Gasteiger partial charge is 0.265 e. The van der Waals surface area contributed by atoms with E-state index >= 15 is 0 Å². The lowest BCUT2D eigenvalue weighted by atomic mass is 10.00. The van der Waals surface area contributed by atoms with E-state index in [9.17, 15) is 13.2 Å². The number of benzene rings is 2. The maximum atomic E-state index is 12.2. The number of carbonyl (C=O) groups excluding carboxylic acids is 1. The van der Waals surface area contributed by atoms with Crippen LogP contribution in [0.4, 0.5) is 11.4 Å². The number of aromatic nitrogens is 1. The summed E-state index contributed by atoms with van der Waals surface area (Å²) in [6.45, 7) is 0.524. The zero-order chi connectivity index (χ0) is 23.0. The summed E-state index contributed by atoms with van der Waals surface area (Å²) in [4.78, 5) is 17.7. The van der Waals surface area contributed by atoms with Gasteiger partial charge in [0.05, 0.1) is 22.5 Å². The highest BCUT2D eigenvalue weighted by Crippen LogP contribution is 2.35. The molecule has 0 spiro atoms. The Labute approximate surface area is 200 Å². The first-order valence-electron chi connectivity index (χ1n) is 10.4. The Balaban J connectivity index is 1.35. The first kappa shape index (κ1) is 21.8. The molecule has 0 saturated carbocycles. The third-order valence-corrected chi connectivity index (χ3v) is 8.43. The largest absolute Gasteiger partial charge is 0.321 e. The molecule has 5 rings (SSSR count). The van der Waals surface area contributed by atoms with Gasteiger partial charge in [-0.2, -0.15) is 0 Å². The number of anilines is 2. The maximum Gasteiger partial charge on any atom is 0.265 e. The highest BCUT2D eigenvalue weighted by atomic mass is 32.2. The van der Waals surface area contributed by atoms with E-state index in [4.69, 9.17) is 4.98 Å². The highest BCUT2D eigenvalue weighted by molar-refractivity contribution is 7.92. The number of aryl methyl sites for hydroxylation is 1. The van der Waals surface area contributed by atoms with Crippen LogP contribution in [0.25, 0.3) is 21.8 Å². The molecule has 0 fully saturated rings. The minimum atomic E-state index is -3.28. The van der Waals surface area contributed by atoms with E-state index in [0.717, 1.165) is 51.6 Å². The van der Waals surface area contributed by atoms with Gasteiger partial charge in [0.15, 0.2) is 0 Å². The van der Waals surface area contributed by atoms with Crippen LogP contribution >= 0.6 is 22.7 Å². The van der Waals surface area contributed by atoms with Crippen molar-refractivity contribution in [1.29, 1.82) is 0 Å². The van der Waals surface area contributed by atoms with Crippen molar-refractivity contribution < 1.29 is 13.2 Å². The Morgan fingerprint density at radius 2 is 1.85 bits per heavy atom. The molecule has 0 unspecified atom stereocenters. The number of amides is 1. The number of hydrogen-bond donors (Lipinski definition) is 1. The molecule has 0 radical (unpaired) electrons. The van der Waals surface area contributed by atoms with Crippen LogP contribution in [-0.4, -0.2) is 32.1 Å². The topological polar surface area (TPSA) is 79.4 Å². The van der Waals surface area contributed by atoms with Crippen molar-refractivity contribution in [1.82, 2.24) is 4.98 Å². The molecule has 0 atom stereocenters. The van der Waals surface area contributed by atoms with E-state index in [0.29, 0.717) is 11.4 Å². The van der Waals surface area contributed by atoms with Crippen LogP contribution in [0, 0.1) is 0 Å². The summed E-state index contributed by atoms with van der Waals surface area (Å²) in [5, 5.41) is 7.68. The van der Waals surface area contributed by atoms with Crippen molar-refractivity contribution >= 4 is 50.0 Å². The second-order valence-corrected chi connectivity index (χ2v) is 11.5. The van der Waals surface area contributed by atoms with Gasteiger partial charge in [0.2, 0.25) is 10.0 Å². The lowest BCUT2D eigenvalue weighted by molar-refractivity contribution is 0.103. The Morgan fingerprint density at radius 1 is 1.06 bits per heavy atom. The molecule has 0 saturated heterocycles. The molecular formula is C24H21N3O3S3. The molecule has 6 nitrogen and oxygen atoms in total. The Morgan fingerprint density at radius 3 is 2.58 bits per heavy atom. The molecule has 9 heteroatoms. The van der Waals surface area contributed by atoms with Gasteiger partial charge in [0, 0.05) is 28.7 Å². The summed E-state index contributed by atoms with van der Waals surface area (Å²) in [6, 6.07) is 17.2. The SMILES string of the molecule is CS(=O)(=O)N1CCCc2cc(-c3csc(-c4ccc(NC(=O)c5cccs5)cc4)n3)ccc21. The van der Waals surface area contributed by atoms with Crippen LogP contribution in [0.15, 0.2) is 65.4 Å². The molecule has 33 heavy (non-hydrogen) atoms. The molecule has 1 aliphatic heterocycles. The standard InChI is InChI=1S/C24H21N3O3S3/c1-33(29,30)27-12-2-4-18-14-17(8-11-21(18)27)20-15-32-24(26-20)16-6-9-19(10-7-16)25-23(28)22-5-3-13-31-22/h3,5-11,13-15H,2,4,12H2,1H3,(H,25,28). The van der Waals surface area contributed by atoms with Crippen molar-refractivity contribution in [3.05, 3.63) is 75.8 Å². The van der Waals surface area contributed by atoms with E-state index in [1.807, 2.05) is 53.2 Å². The summed E-state index contributed by atoms with van der Waals surface area (Å²) >= 11 is 2.96. The quantitative estimate of drug-likeness (QED) is 0.396. The summed E-state index contributed by atoms with van der Waals surface area (Å²) in [6.07, 6.45) is 2.91. The predicted octanol–water partition coefficient (Wildman–Crippen LogP) is 5.50. The first-order valence-corrected chi connectivity index (χ1v) is 14.0. The average molecular weight is 496 g/mol. The van der Waals surface area contributed by atoms with Gasteiger partial charge in [-0.05, 0) is 66.2 Å². The van der Waals surface area contributed by atoms with Crippen molar-refractivity contribution in [2.75, 3.05) is 22.4 Å². The first-order chi connectivity index (χ1) is 15.9. The number of nitrogens with zero attached hydrogens (tertiary/aromatic N) is 2. The van der Waals surface area contributed by atoms with Crippen LogP contribution < -0.4 is 9.62 Å². The third-order valence-electron chi connectivity index (χ3n) is 5.49. The van der Waals surface area contributed by atoms with Gasteiger partial charge < -0.3 is 5.32 Å². The van der Waals surface area contributed by atoms with Crippen LogP contribution in [0.5, 0.6) is 0 Å². The number of sulfonamides is 1. The van der Waals surface area contributed by atoms with Gasteiger partial charge in [0.25, 0.3) is 5.91 Å². The Bertz CT molecular complexity index is 1410. The van der Waals surface area contributed by atoms with Crippen molar-refractivity contribution in [2.24, 2.45) is 0 Å². The highest BCUT2D eigenvalue weighted by Gasteiger charge is 2.24. The van der Waals surface area contributed by atoms with E-state index in [1.165, 1.54) is 21.9 Å². The molecular weight excluding hydrogens is 474 g/mol. The normalized spacial score (nSPS) is 13.5. The number of fused-ring (bicyclic) bond motifs is 1. The van der Waals surface area contributed by atoms with E-state index < -0.39 is 10.0 Å². The molecule has 1 aliphatic rings. The van der Waals surface area contributed by atoms with Crippen LogP contribution in [-0.2, 0) is 16.4 Å². The summed E-state index contributed by atoms with van der Waals surface area (Å²) in [7, 11) is -3.28. The Kier molecular flexibility index (Phi) is 5.77. The average Bonchev–Trinajstić information content (AvgIpc) is 3.51. The monoisotopic (exact) mass is 495 g/mol. The molecule has 1 amide bonds. The second-order valence-electron chi connectivity index (χ2n) is 7.83. The summed E-state index contributed by atoms with van der Waals surface area (Å²) < 4.78 is 25.7. The number of carbonyl (C=O) groups is 1. The van der Waals surface area contributed by atoms with E-state index in [-0.39, 0.29) is 5.91 Å². The van der Waals surface area contributed by atoms with Gasteiger partial charge in [-0.3, -0.25) is 9.10 Å². The maximum absolute atomic E-state index is 12.2. The minimum Gasteiger partial charge on any atom is -0.321 e. The van der Waals surface area contributed by atoms with Crippen LogP contribution in [0.3, 0.4) is 0 Å². The molecule has 2 aromatic heterocycles. The molecule has 1 N–H and O–H groups in total. The fourth-order valence-corrected chi connectivity index (χ4v) is 6.35. The fourth-order valence-electron chi connectivity index (χ4n) is 3.90. The van der Waals surface area contributed by atoms with Gasteiger partial charge in [0.1, 0.15) is 5.01 Å². The summed E-state index contributed by atoms with van der Waals surface area (Å²) in [5.74, 6) is -0.115. The van der Waals surface area contributed by atoms with E-state index in [1.54, 1.807) is 17.4 Å². The number of thiophene rings is 1. The molecule has 3 heterocycles. The van der Waals surface area contributed by atoms with Crippen molar-refractivity contribution in [3.63, 3.8) is 0 Å². The van der Waals surface area contributed by atoms with Gasteiger partial charge in [-0.15, -0.1) is 22.7 Å². The molecule has 4 aromatic rings. The number of thiazole rings is 1. The predicted molar refractivity (Wildman–Crippen MR) is 136 cm³/mol. The fraction of sp³-hybridized carbons (Fsp3) is 0.167. The number of rotatable bonds is 5. The third kappa shape index (κ3) is 4.57. The van der Waals surface area contributed by atoms with Gasteiger partial charge >= 0.3 is 0 Å². The zero-order valence-corrected chi connectivity index (χ0v) is 20.3. The zero-order valence-electron chi connectivity index (χ0n) is 17.8. The summed E-state index contributed by atoms with van der Waals surface area (Å²) in [5.41, 5.74) is 5.35. The van der Waals surface area contributed by atoms with Crippen LogP contribution in [0.1, 0.15) is 21.7 Å². The number of hydrogen-bond acceptors (Lipinski definition) is 6. The number of nitrogens with one attached hydrogen (secondary N) is 1. The van der Waals surface area contributed by atoms with Crippen LogP contribution in [0.2, 0.25) is 0 Å². The lowest BCUT2D eigenvalue weighted by Crippen LogP contribution is -2.34. The minimum absolute atomic E-state index is 0.115. The van der Waals surface area contributed by atoms with E-state index in [2.05, 4.69) is 11.4 Å². The molecule has 0 aliphatic carbocycles. The van der Waals surface area contributed by atoms with Crippen molar-refractivity contribution in [2.45, 2.75) is 12.8 Å². The Hall–Kier alpha value is -3.01. The second kappa shape index (κ2) is 8.74. The van der Waals surface area contributed by atoms with Crippen molar-refractivity contribution in [3.8, 4) is 21.8 Å². The lowest BCUT2D eigenvalue weighted by Gasteiger charge is -2.29. The molecule has 2 aromatic carbocycles. The molecule has 0 bridgehead atoms. The molecule has 168 valence electrons. The van der Waals surface area contributed by atoms with Gasteiger partial charge in [-0.1, -0.05) is 12.1 Å². The van der Waals surface area contributed by atoms with Gasteiger partial charge in [-0.25, -0.2) is 13.4 Å².